The Kier molecular flexibility index (Phi) is 2.98. The fourth-order valence-corrected chi connectivity index (χ4v) is 5.29. The number of nitrogens with one attached hydrogen (secondary N) is 2. The Bertz CT molecular complexity index is 515. The summed E-state index contributed by atoms with van der Waals surface area (Å²) in [6, 6.07) is -0.0131. The molecule has 0 unspecified atom stereocenters. The van der Waals surface area contributed by atoms with Gasteiger partial charge in [0, 0.05) is 30.9 Å². The van der Waals surface area contributed by atoms with Crippen LogP contribution in [0.2, 0.25) is 0 Å². The van der Waals surface area contributed by atoms with Crippen molar-refractivity contribution in [2.75, 3.05) is 0 Å². The third kappa shape index (κ3) is 2.54. The van der Waals surface area contributed by atoms with Crippen LogP contribution < -0.4 is 10.6 Å². The highest BCUT2D eigenvalue weighted by molar-refractivity contribution is 5.74. The summed E-state index contributed by atoms with van der Waals surface area (Å²) in [6.45, 7) is 0.548. The fourth-order valence-electron chi connectivity index (χ4n) is 5.29. The van der Waals surface area contributed by atoms with Gasteiger partial charge in [-0.1, -0.05) is 0 Å². The molecule has 0 spiro atoms. The zero-order valence-corrected chi connectivity index (χ0v) is 12.6. The average molecular weight is 288 g/mol. The molecule has 5 heteroatoms. The molecular weight excluding hydrogens is 264 g/mol. The molecule has 2 N–H and O–H groups in total. The van der Waals surface area contributed by atoms with Gasteiger partial charge in [-0.25, -0.2) is 4.79 Å². The van der Waals surface area contributed by atoms with Gasteiger partial charge in [-0.3, -0.25) is 4.68 Å². The summed E-state index contributed by atoms with van der Waals surface area (Å²) >= 11 is 0. The number of urea groups is 1. The quantitative estimate of drug-likeness (QED) is 0.895. The summed E-state index contributed by atoms with van der Waals surface area (Å²) in [7, 11) is 1.89. The van der Waals surface area contributed by atoms with Crippen molar-refractivity contribution < 1.29 is 4.79 Å². The summed E-state index contributed by atoms with van der Waals surface area (Å²) in [4.78, 5) is 12.3. The molecule has 0 radical (unpaired) electrons. The number of hydrogen-bond donors (Lipinski definition) is 2. The standard InChI is InChI=1S/C16H24N4O/c1-20-10-14(9-18-20)8-17-15(21)19-16-5-11-2-12(6-16)4-13(3-11)7-16/h9-13H,2-8H2,1H3,(H2,17,19,21). The molecule has 5 nitrogen and oxygen atoms in total. The SMILES string of the molecule is Cn1cc(CNC(=O)NC23CC4CC(CC(C4)C2)C3)cn1. The van der Waals surface area contributed by atoms with E-state index in [2.05, 4.69) is 15.7 Å². The van der Waals surface area contributed by atoms with Crippen molar-refractivity contribution in [2.45, 2.75) is 50.6 Å². The molecule has 0 atom stereocenters. The number of amides is 2. The molecule has 4 fully saturated rings. The van der Waals surface area contributed by atoms with E-state index in [4.69, 9.17) is 0 Å². The van der Waals surface area contributed by atoms with Crippen molar-refractivity contribution in [3.05, 3.63) is 18.0 Å². The molecule has 4 aliphatic carbocycles. The van der Waals surface area contributed by atoms with Gasteiger partial charge < -0.3 is 10.6 Å². The lowest BCUT2D eigenvalue weighted by Gasteiger charge is -2.56. The van der Waals surface area contributed by atoms with Gasteiger partial charge in [0.2, 0.25) is 0 Å². The smallest absolute Gasteiger partial charge is 0.315 e. The summed E-state index contributed by atoms with van der Waals surface area (Å²) in [5, 5.41) is 10.4. The van der Waals surface area contributed by atoms with Crippen LogP contribution in [-0.4, -0.2) is 21.4 Å². The number of aryl methyl sites for hydroxylation is 1. The lowest BCUT2D eigenvalue weighted by Crippen LogP contribution is -2.61. The molecule has 1 heterocycles. The van der Waals surface area contributed by atoms with E-state index in [0.29, 0.717) is 6.54 Å². The second kappa shape index (κ2) is 4.75. The van der Waals surface area contributed by atoms with Crippen LogP contribution in [0, 0.1) is 17.8 Å². The van der Waals surface area contributed by atoms with Gasteiger partial charge in [0.05, 0.1) is 6.20 Å². The largest absolute Gasteiger partial charge is 0.334 e. The van der Waals surface area contributed by atoms with Crippen LogP contribution in [0.4, 0.5) is 4.79 Å². The Morgan fingerprint density at radius 2 is 1.90 bits per heavy atom. The van der Waals surface area contributed by atoms with Gasteiger partial charge in [0.15, 0.2) is 0 Å². The minimum Gasteiger partial charge on any atom is -0.334 e. The Labute approximate surface area is 125 Å². The third-order valence-corrected chi connectivity index (χ3v) is 5.63. The number of carbonyl (C=O) groups excluding carboxylic acids is 1. The maximum Gasteiger partial charge on any atom is 0.315 e. The second-order valence-electron chi connectivity index (χ2n) is 7.53. The topological polar surface area (TPSA) is 59.0 Å². The highest BCUT2D eigenvalue weighted by Gasteiger charge is 2.51. The summed E-state index contributed by atoms with van der Waals surface area (Å²) in [5.74, 6) is 2.57. The predicted molar refractivity (Wildman–Crippen MR) is 79.5 cm³/mol. The van der Waals surface area contributed by atoms with E-state index in [1.165, 1.54) is 38.5 Å². The minimum atomic E-state index is -0.0131. The van der Waals surface area contributed by atoms with Gasteiger partial charge in [0.1, 0.15) is 0 Å². The van der Waals surface area contributed by atoms with E-state index in [9.17, 15) is 4.79 Å². The molecular formula is C16H24N4O. The van der Waals surface area contributed by atoms with Crippen LogP contribution >= 0.6 is 0 Å². The predicted octanol–water partition coefficient (Wildman–Crippen LogP) is 2.19. The highest BCUT2D eigenvalue weighted by Crippen LogP contribution is 2.55. The first kappa shape index (κ1) is 13.2. The van der Waals surface area contributed by atoms with Crippen LogP contribution in [0.15, 0.2) is 12.4 Å². The van der Waals surface area contributed by atoms with Gasteiger partial charge in [-0.05, 0) is 56.3 Å². The number of hydrogen-bond acceptors (Lipinski definition) is 2. The molecule has 4 bridgehead atoms. The first-order chi connectivity index (χ1) is 10.1. The molecule has 114 valence electrons. The van der Waals surface area contributed by atoms with Crippen molar-refractivity contribution >= 4 is 6.03 Å². The molecule has 5 rings (SSSR count). The van der Waals surface area contributed by atoms with E-state index in [0.717, 1.165) is 23.3 Å². The van der Waals surface area contributed by atoms with Crippen LogP contribution in [-0.2, 0) is 13.6 Å². The van der Waals surface area contributed by atoms with Crippen molar-refractivity contribution in [3.8, 4) is 0 Å². The van der Waals surface area contributed by atoms with Gasteiger partial charge in [-0.2, -0.15) is 5.10 Å². The number of nitrogens with zero attached hydrogens (tertiary/aromatic N) is 2. The number of rotatable bonds is 3. The molecule has 4 aliphatic rings. The lowest BCUT2D eigenvalue weighted by molar-refractivity contribution is -0.0135. The molecule has 1 aromatic rings. The van der Waals surface area contributed by atoms with Gasteiger partial charge in [0.25, 0.3) is 0 Å². The number of carbonyl (C=O) groups is 1. The van der Waals surface area contributed by atoms with Gasteiger partial charge >= 0.3 is 6.03 Å². The van der Waals surface area contributed by atoms with Crippen molar-refractivity contribution in [1.82, 2.24) is 20.4 Å². The van der Waals surface area contributed by atoms with E-state index in [1.54, 1.807) is 10.9 Å². The Morgan fingerprint density at radius 1 is 1.29 bits per heavy atom. The van der Waals surface area contributed by atoms with Crippen LogP contribution in [0.5, 0.6) is 0 Å². The normalized spacial score (nSPS) is 36.7. The lowest BCUT2D eigenvalue weighted by atomic mass is 9.53. The van der Waals surface area contributed by atoms with Crippen molar-refractivity contribution in [3.63, 3.8) is 0 Å². The number of aromatic nitrogens is 2. The van der Waals surface area contributed by atoms with Gasteiger partial charge in [-0.15, -0.1) is 0 Å². The van der Waals surface area contributed by atoms with Crippen molar-refractivity contribution in [2.24, 2.45) is 24.8 Å². The Balaban J connectivity index is 1.36. The average Bonchev–Trinajstić information content (AvgIpc) is 2.80. The zero-order valence-electron chi connectivity index (χ0n) is 12.6. The van der Waals surface area contributed by atoms with E-state index in [-0.39, 0.29) is 11.6 Å². The Morgan fingerprint density at radius 3 is 2.43 bits per heavy atom. The molecule has 0 aliphatic heterocycles. The minimum absolute atomic E-state index is 0.0131. The van der Waals surface area contributed by atoms with E-state index < -0.39 is 0 Å². The summed E-state index contributed by atoms with van der Waals surface area (Å²) in [5.41, 5.74) is 1.13. The highest BCUT2D eigenvalue weighted by atomic mass is 16.2. The maximum atomic E-state index is 12.3. The van der Waals surface area contributed by atoms with Crippen molar-refractivity contribution in [1.29, 1.82) is 0 Å². The first-order valence-electron chi connectivity index (χ1n) is 8.14. The molecule has 0 aromatic carbocycles. The van der Waals surface area contributed by atoms with Crippen LogP contribution in [0.3, 0.4) is 0 Å². The monoisotopic (exact) mass is 288 g/mol. The zero-order chi connectivity index (χ0) is 14.4. The summed E-state index contributed by atoms with van der Waals surface area (Å²) in [6.07, 6.45) is 11.5. The summed E-state index contributed by atoms with van der Waals surface area (Å²) < 4.78 is 1.76. The molecule has 1 aromatic heterocycles. The maximum absolute atomic E-state index is 12.3. The van der Waals surface area contributed by atoms with Crippen LogP contribution in [0.25, 0.3) is 0 Å². The molecule has 21 heavy (non-hydrogen) atoms. The van der Waals surface area contributed by atoms with Crippen LogP contribution in [0.1, 0.15) is 44.1 Å². The fraction of sp³-hybridized carbons (Fsp3) is 0.750. The van der Waals surface area contributed by atoms with E-state index in [1.807, 2.05) is 13.2 Å². The molecule has 4 saturated carbocycles. The molecule has 0 saturated heterocycles. The first-order valence-corrected chi connectivity index (χ1v) is 8.14. The third-order valence-electron chi connectivity index (χ3n) is 5.63. The van der Waals surface area contributed by atoms with E-state index >= 15 is 0 Å². The Hall–Kier alpha value is -1.52. The second-order valence-corrected chi connectivity index (χ2v) is 7.53. The molecule has 2 amide bonds.